The third kappa shape index (κ3) is 3.58. The number of ether oxygens (including phenoxy) is 1. The Morgan fingerprint density at radius 1 is 1.12 bits per heavy atom. The van der Waals surface area contributed by atoms with Gasteiger partial charge in [0.05, 0.1) is 16.2 Å². The first-order valence-electron chi connectivity index (χ1n) is 6.98. The van der Waals surface area contributed by atoms with Crippen molar-refractivity contribution in [3.05, 3.63) is 81.0 Å². The van der Waals surface area contributed by atoms with Crippen LogP contribution in [0.3, 0.4) is 0 Å². The Labute approximate surface area is 141 Å². The van der Waals surface area contributed by atoms with Gasteiger partial charge in [-0.15, -0.1) is 0 Å². The van der Waals surface area contributed by atoms with Gasteiger partial charge in [0.2, 0.25) is 0 Å². The first-order valence-corrected chi connectivity index (χ1v) is 7.92. The van der Waals surface area contributed by atoms with Gasteiger partial charge in [0.25, 0.3) is 11.6 Å². The van der Waals surface area contributed by atoms with Crippen LogP contribution in [0, 0.1) is 10.1 Å². The predicted octanol–water partition coefficient (Wildman–Crippen LogP) is 4.70. The Kier molecular flexibility index (Phi) is 4.53. The largest absolute Gasteiger partial charge is 0.457 e. The highest BCUT2D eigenvalue weighted by atomic mass is 32.1. The van der Waals surface area contributed by atoms with Gasteiger partial charge in [0.1, 0.15) is 11.5 Å². The molecule has 0 saturated carbocycles. The number of carbonyl (C=O) groups excluding carboxylic acids is 1. The number of thiophene rings is 1. The van der Waals surface area contributed by atoms with Gasteiger partial charge in [-0.25, -0.2) is 0 Å². The summed E-state index contributed by atoms with van der Waals surface area (Å²) in [6, 6.07) is 14.6. The third-order valence-corrected chi connectivity index (χ3v) is 3.85. The fraction of sp³-hybridized carbons (Fsp3) is 0. The van der Waals surface area contributed by atoms with Crippen molar-refractivity contribution in [1.29, 1.82) is 0 Å². The van der Waals surface area contributed by atoms with E-state index in [9.17, 15) is 14.9 Å². The molecule has 7 heteroatoms. The van der Waals surface area contributed by atoms with Gasteiger partial charge in [0.15, 0.2) is 0 Å². The number of nitrogens with one attached hydrogen (secondary N) is 1. The number of nitro benzene ring substituents is 1. The monoisotopic (exact) mass is 340 g/mol. The Morgan fingerprint density at radius 3 is 2.58 bits per heavy atom. The average Bonchev–Trinajstić information content (AvgIpc) is 3.09. The van der Waals surface area contributed by atoms with Crippen molar-refractivity contribution in [3.8, 4) is 11.5 Å². The van der Waals surface area contributed by atoms with Crippen LogP contribution in [0.25, 0.3) is 0 Å². The zero-order chi connectivity index (χ0) is 16.9. The van der Waals surface area contributed by atoms with Crippen LogP contribution in [0.4, 0.5) is 11.4 Å². The highest BCUT2D eigenvalue weighted by Crippen LogP contribution is 2.29. The molecular weight excluding hydrogens is 328 g/mol. The molecule has 1 N–H and O–H groups in total. The molecule has 120 valence electrons. The molecule has 0 atom stereocenters. The first kappa shape index (κ1) is 15.7. The van der Waals surface area contributed by atoms with E-state index in [2.05, 4.69) is 5.32 Å². The van der Waals surface area contributed by atoms with Crippen molar-refractivity contribution in [1.82, 2.24) is 0 Å². The maximum Gasteiger partial charge on any atom is 0.270 e. The van der Waals surface area contributed by atoms with Crippen molar-refractivity contribution in [3.63, 3.8) is 0 Å². The van der Waals surface area contributed by atoms with Gasteiger partial charge in [0, 0.05) is 17.5 Å². The minimum Gasteiger partial charge on any atom is -0.457 e. The summed E-state index contributed by atoms with van der Waals surface area (Å²) in [5, 5.41) is 17.3. The zero-order valence-electron chi connectivity index (χ0n) is 12.3. The summed E-state index contributed by atoms with van der Waals surface area (Å²) < 4.78 is 5.70. The fourth-order valence-corrected chi connectivity index (χ4v) is 2.64. The number of benzene rings is 2. The van der Waals surface area contributed by atoms with Gasteiger partial charge >= 0.3 is 0 Å². The lowest BCUT2D eigenvalue weighted by molar-refractivity contribution is -0.384. The minimum absolute atomic E-state index is 0.0965. The topological polar surface area (TPSA) is 81.5 Å². The van der Waals surface area contributed by atoms with Crippen LogP contribution in [-0.2, 0) is 0 Å². The summed E-state index contributed by atoms with van der Waals surface area (Å²) in [5.74, 6) is 0.318. The van der Waals surface area contributed by atoms with Crippen LogP contribution in [0.15, 0.2) is 65.4 Å². The maximum absolute atomic E-state index is 12.5. The molecular formula is C17H12N2O4S. The van der Waals surface area contributed by atoms with Crippen molar-refractivity contribution in [2.24, 2.45) is 0 Å². The Hall–Kier alpha value is -3.19. The molecule has 2 aromatic carbocycles. The lowest BCUT2D eigenvalue weighted by Gasteiger charge is -2.11. The summed E-state index contributed by atoms with van der Waals surface area (Å²) >= 11 is 1.44. The Bertz CT molecular complexity index is 864. The van der Waals surface area contributed by atoms with Crippen LogP contribution in [0.1, 0.15) is 10.4 Å². The summed E-state index contributed by atoms with van der Waals surface area (Å²) in [6.45, 7) is 0. The average molecular weight is 340 g/mol. The van der Waals surface area contributed by atoms with Gasteiger partial charge in [-0.05, 0) is 29.6 Å². The van der Waals surface area contributed by atoms with E-state index in [-0.39, 0.29) is 17.0 Å². The first-order chi connectivity index (χ1) is 11.6. The second-order valence-corrected chi connectivity index (χ2v) is 5.60. The summed E-state index contributed by atoms with van der Waals surface area (Å²) in [7, 11) is 0. The van der Waals surface area contributed by atoms with Gasteiger partial charge in [-0.1, -0.05) is 18.2 Å². The van der Waals surface area contributed by atoms with Crippen molar-refractivity contribution in [2.75, 3.05) is 5.32 Å². The molecule has 0 aliphatic carbocycles. The zero-order valence-corrected chi connectivity index (χ0v) is 13.2. The van der Waals surface area contributed by atoms with E-state index >= 15 is 0 Å². The van der Waals surface area contributed by atoms with E-state index < -0.39 is 10.8 Å². The molecule has 0 radical (unpaired) electrons. The van der Waals surface area contributed by atoms with Crippen LogP contribution in [-0.4, -0.2) is 10.8 Å². The van der Waals surface area contributed by atoms with Crippen LogP contribution in [0.2, 0.25) is 0 Å². The fourth-order valence-electron chi connectivity index (χ4n) is 2.05. The van der Waals surface area contributed by atoms with E-state index in [1.807, 2.05) is 11.4 Å². The number of para-hydroxylation sites is 1. The van der Waals surface area contributed by atoms with Gasteiger partial charge in [-0.2, -0.15) is 11.3 Å². The molecule has 24 heavy (non-hydrogen) atoms. The number of nitro groups is 1. The van der Waals surface area contributed by atoms with Crippen molar-refractivity contribution < 1.29 is 14.5 Å². The van der Waals surface area contributed by atoms with Crippen molar-refractivity contribution in [2.45, 2.75) is 0 Å². The van der Waals surface area contributed by atoms with E-state index in [1.165, 1.54) is 29.5 Å². The molecule has 0 spiro atoms. The molecule has 1 heterocycles. The molecule has 0 bridgehead atoms. The van der Waals surface area contributed by atoms with E-state index in [0.29, 0.717) is 11.4 Å². The minimum atomic E-state index is -0.548. The predicted molar refractivity (Wildman–Crippen MR) is 91.9 cm³/mol. The van der Waals surface area contributed by atoms with E-state index in [0.717, 1.165) is 0 Å². The number of hydrogen-bond donors (Lipinski definition) is 1. The standard InChI is InChI=1S/C17H12N2O4S/c20-17(18-12-8-9-24-11-12)15-10-13(19(21)22)6-7-16(15)23-14-4-2-1-3-5-14/h1-11H,(H,18,20). The smallest absolute Gasteiger partial charge is 0.270 e. The normalized spacial score (nSPS) is 10.2. The number of amides is 1. The number of rotatable bonds is 5. The summed E-state index contributed by atoms with van der Waals surface area (Å²) in [5.41, 5.74) is 0.548. The number of anilines is 1. The summed E-state index contributed by atoms with van der Waals surface area (Å²) in [6.07, 6.45) is 0. The van der Waals surface area contributed by atoms with E-state index in [1.54, 1.807) is 35.7 Å². The molecule has 0 unspecified atom stereocenters. The number of carbonyl (C=O) groups is 1. The number of nitrogens with zero attached hydrogens (tertiary/aromatic N) is 1. The lowest BCUT2D eigenvalue weighted by atomic mass is 10.1. The van der Waals surface area contributed by atoms with Gasteiger partial charge < -0.3 is 10.1 Å². The van der Waals surface area contributed by atoms with E-state index in [4.69, 9.17) is 4.74 Å². The molecule has 1 amide bonds. The SMILES string of the molecule is O=C(Nc1ccsc1)c1cc([N+](=O)[O-])ccc1Oc1ccccc1. The van der Waals surface area contributed by atoms with Crippen LogP contribution >= 0.6 is 11.3 Å². The molecule has 3 aromatic rings. The highest BCUT2D eigenvalue weighted by Gasteiger charge is 2.18. The van der Waals surface area contributed by atoms with Crippen LogP contribution in [0.5, 0.6) is 11.5 Å². The Balaban J connectivity index is 1.95. The molecule has 0 aliphatic rings. The molecule has 3 rings (SSSR count). The number of non-ortho nitro benzene ring substituents is 1. The maximum atomic E-state index is 12.5. The second kappa shape index (κ2) is 6.93. The Morgan fingerprint density at radius 2 is 1.92 bits per heavy atom. The number of hydrogen-bond acceptors (Lipinski definition) is 5. The molecule has 0 fully saturated rings. The highest BCUT2D eigenvalue weighted by molar-refractivity contribution is 7.08. The molecule has 6 nitrogen and oxygen atoms in total. The molecule has 0 aliphatic heterocycles. The van der Waals surface area contributed by atoms with Crippen molar-refractivity contribution >= 4 is 28.6 Å². The van der Waals surface area contributed by atoms with Gasteiger partial charge in [-0.3, -0.25) is 14.9 Å². The summed E-state index contributed by atoms with van der Waals surface area (Å²) in [4.78, 5) is 22.9. The third-order valence-electron chi connectivity index (χ3n) is 3.17. The quantitative estimate of drug-likeness (QED) is 0.539. The lowest BCUT2D eigenvalue weighted by Crippen LogP contribution is -2.13. The second-order valence-electron chi connectivity index (χ2n) is 4.82. The van der Waals surface area contributed by atoms with Crippen LogP contribution < -0.4 is 10.1 Å². The molecule has 1 aromatic heterocycles. The molecule has 0 saturated heterocycles.